The van der Waals surface area contributed by atoms with Crippen LogP contribution < -0.4 is 10.1 Å². The number of benzene rings is 1. The molecule has 1 aromatic carbocycles. The smallest absolute Gasteiger partial charge is 0.144 e. The number of aromatic nitrogens is 4. The Bertz CT molecular complexity index is 1350. The molecule has 0 saturated heterocycles. The molecule has 1 aliphatic carbocycles. The molecule has 0 aliphatic heterocycles. The number of anilines is 2. The summed E-state index contributed by atoms with van der Waals surface area (Å²) < 4.78 is 11.2. The van der Waals surface area contributed by atoms with Crippen LogP contribution in [0.4, 0.5) is 11.5 Å². The standard InChI is InChI=1S/C25H32N6O3S/c1-25(2,34-5)12-31(3)24(32)14-6-7-16-20(9-14)35-23-21(16)22(26-13-27-23)29-18-8-15-11-28-30-17(15)10-19(18)33-4/h8,10-11,13-14,24,32H,6-7,9,12H2,1-5H3,(H,28,30)(H,26,27,29)/t14-,24?/m0/s1. The number of ether oxygens (including phenoxy) is 2. The van der Waals surface area contributed by atoms with Gasteiger partial charge in [-0.15, -0.1) is 11.3 Å². The Balaban J connectivity index is 1.42. The van der Waals surface area contributed by atoms with Crippen LogP contribution in [0.15, 0.2) is 24.7 Å². The number of nitrogens with zero attached hydrogens (tertiary/aromatic N) is 4. The van der Waals surface area contributed by atoms with E-state index in [4.69, 9.17) is 9.47 Å². The molecule has 0 fully saturated rings. The van der Waals surface area contributed by atoms with Gasteiger partial charge in [0.05, 0.1) is 35.5 Å². The molecule has 10 heteroatoms. The van der Waals surface area contributed by atoms with E-state index in [1.807, 2.05) is 37.9 Å². The third-order valence-electron chi connectivity index (χ3n) is 6.95. The molecule has 1 aliphatic rings. The fourth-order valence-corrected chi connectivity index (χ4v) is 6.25. The van der Waals surface area contributed by atoms with Crippen molar-refractivity contribution in [2.24, 2.45) is 5.92 Å². The molecule has 35 heavy (non-hydrogen) atoms. The van der Waals surface area contributed by atoms with Gasteiger partial charge in [-0.2, -0.15) is 5.10 Å². The summed E-state index contributed by atoms with van der Waals surface area (Å²) in [6.45, 7) is 4.73. The number of likely N-dealkylation sites (N-methyl/N-ethyl adjacent to an activating group) is 1. The predicted molar refractivity (Wildman–Crippen MR) is 139 cm³/mol. The lowest BCUT2D eigenvalue weighted by molar-refractivity contribution is -0.0776. The molecule has 0 spiro atoms. The number of rotatable bonds is 8. The lowest BCUT2D eigenvalue weighted by Crippen LogP contribution is -2.47. The number of aliphatic hydroxyl groups excluding tert-OH is 1. The maximum absolute atomic E-state index is 11.1. The van der Waals surface area contributed by atoms with Crippen molar-refractivity contribution in [3.63, 3.8) is 0 Å². The summed E-state index contributed by atoms with van der Waals surface area (Å²) in [4.78, 5) is 13.4. The number of aliphatic hydroxyl groups is 1. The molecule has 186 valence electrons. The van der Waals surface area contributed by atoms with Crippen LogP contribution in [-0.4, -0.2) is 69.8 Å². The molecule has 0 radical (unpaired) electrons. The van der Waals surface area contributed by atoms with Crippen LogP contribution >= 0.6 is 11.3 Å². The minimum absolute atomic E-state index is 0.154. The van der Waals surface area contributed by atoms with Crippen molar-refractivity contribution in [1.82, 2.24) is 25.1 Å². The third kappa shape index (κ3) is 4.58. The second-order valence-electron chi connectivity index (χ2n) is 9.84. The minimum atomic E-state index is -0.530. The zero-order chi connectivity index (χ0) is 24.7. The van der Waals surface area contributed by atoms with E-state index >= 15 is 0 Å². The summed E-state index contributed by atoms with van der Waals surface area (Å²) in [6, 6.07) is 3.94. The fraction of sp³-hybridized carbons (Fsp3) is 0.480. The molecule has 3 N–H and O–H groups in total. The first-order valence-corrected chi connectivity index (χ1v) is 12.6. The monoisotopic (exact) mass is 496 g/mol. The Morgan fingerprint density at radius 3 is 2.91 bits per heavy atom. The van der Waals surface area contributed by atoms with E-state index in [1.165, 1.54) is 10.4 Å². The summed E-state index contributed by atoms with van der Waals surface area (Å²) in [5, 5.41) is 23.7. The van der Waals surface area contributed by atoms with Crippen molar-refractivity contribution in [3.05, 3.63) is 35.1 Å². The van der Waals surface area contributed by atoms with Gasteiger partial charge in [-0.1, -0.05) is 0 Å². The van der Waals surface area contributed by atoms with Crippen molar-refractivity contribution >= 4 is 44.0 Å². The second-order valence-corrected chi connectivity index (χ2v) is 10.9. The van der Waals surface area contributed by atoms with E-state index in [9.17, 15) is 5.11 Å². The van der Waals surface area contributed by atoms with Gasteiger partial charge >= 0.3 is 0 Å². The van der Waals surface area contributed by atoms with Crippen LogP contribution in [0.5, 0.6) is 5.75 Å². The van der Waals surface area contributed by atoms with Crippen LogP contribution in [0.3, 0.4) is 0 Å². The highest BCUT2D eigenvalue weighted by atomic mass is 32.1. The summed E-state index contributed by atoms with van der Waals surface area (Å²) >= 11 is 1.70. The summed E-state index contributed by atoms with van der Waals surface area (Å²) in [5.74, 6) is 1.63. The second kappa shape index (κ2) is 9.34. The van der Waals surface area contributed by atoms with Crippen molar-refractivity contribution in [3.8, 4) is 5.75 Å². The van der Waals surface area contributed by atoms with Crippen molar-refractivity contribution in [2.75, 3.05) is 33.1 Å². The van der Waals surface area contributed by atoms with E-state index in [0.717, 1.165) is 51.9 Å². The quantitative estimate of drug-likeness (QED) is 0.313. The SMILES string of the molecule is COc1cc2[nH]ncc2cc1Nc1ncnc2sc3c(c12)CC[C@H](C(O)N(C)CC(C)(C)OC)C3. The normalized spacial score (nSPS) is 17.2. The molecule has 9 nitrogen and oxygen atoms in total. The first-order valence-electron chi connectivity index (χ1n) is 11.8. The molecular weight excluding hydrogens is 464 g/mol. The number of thiophene rings is 1. The summed E-state index contributed by atoms with van der Waals surface area (Å²) in [7, 11) is 5.32. The summed E-state index contributed by atoms with van der Waals surface area (Å²) in [6.07, 6.45) is 5.45. The predicted octanol–water partition coefficient (Wildman–Crippen LogP) is 4.10. The number of nitrogens with one attached hydrogen (secondary N) is 2. The lowest BCUT2D eigenvalue weighted by Gasteiger charge is -2.36. The highest BCUT2D eigenvalue weighted by Gasteiger charge is 2.33. The third-order valence-corrected chi connectivity index (χ3v) is 8.12. The van der Waals surface area contributed by atoms with Gasteiger partial charge in [-0.3, -0.25) is 10.00 Å². The number of H-pyrrole nitrogens is 1. The van der Waals surface area contributed by atoms with Crippen LogP contribution in [-0.2, 0) is 17.6 Å². The number of fused-ring (bicyclic) bond motifs is 4. The Kier molecular flexibility index (Phi) is 6.39. The highest BCUT2D eigenvalue weighted by molar-refractivity contribution is 7.19. The molecule has 0 bridgehead atoms. The van der Waals surface area contributed by atoms with Gasteiger partial charge in [0.15, 0.2) is 0 Å². The maximum atomic E-state index is 11.1. The van der Waals surface area contributed by atoms with Crippen LogP contribution in [0.1, 0.15) is 30.7 Å². The molecule has 3 heterocycles. The maximum Gasteiger partial charge on any atom is 0.144 e. The van der Waals surface area contributed by atoms with Gasteiger partial charge in [0.1, 0.15) is 29.0 Å². The minimum Gasteiger partial charge on any atom is -0.494 e. The summed E-state index contributed by atoms with van der Waals surface area (Å²) in [5.41, 5.74) is 2.70. The van der Waals surface area contributed by atoms with Gasteiger partial charge in [0.2, 0.25) is 0 Å². The Labute approximate surface area is 208 Å². The fourth-order valence-electron chi connectivity index (χ4n) is 4.97. The Morgan fingerprint density at radius 1 is 1.31 bits per heavy atom. The molecule has 0 saturated carbocycles. The number of aryl methyl sites for hydroxylation is 1. The molecule has 2 atom stereocenters. The van der Waals surface area contributed by atoms with Gasteiger partial charge in [0.25, 0.3) is 0 Å². The zero-order valence-electron chi connectivity index (χ0n) is 20.8. The molecule has 4 aromatic rings. The van der Waals surface area contributed by atoms with E-state index in [1.54, 1.807) is 38.1 Å². The Hall–Kier alpha value is -2.79. The first-order chi connectivity index (χ1) is 16.8. The lowest BCUT2D eigenvalue weighted by atomic mass is 9.86. The van der Waals surface area contributed by atoms with E-state index in [-0.39, 0.29) is 11.5 Å². The van der Waals surface area contributed by atoms with Gasteiger partial charge in [-0.05, 0) is 51.8 Å². The topological polar surface area (TPSA) is 108 Å². The molecule has 3 aromatic heterocycles. The first kappa shape index (κ1) is 23.9. The number of hydrogen-bond donors (Lipinski definition) is 3. The van der Waals surface area contributed by atoms with Crippen molar-refractivity contribution < 1.29 is 14.6 Å². The number of aromatic amines is 1. The molecule has 1 unspecified atom stereocenters. The van der Waals surface area contributed by atoms with Crippen LogP contribution in [0.25, 0.3) is 21.1 Å². The molecule has 5 rings (SSSR count). The average molecular weight is 497 g/mol. The van der Waals surface area contributed by atoms with Crippen molar-refractivity contribution in [2.45, 2.75) is 44.9 Å². The largest absolute Gasteiger partial charge is 0.494 e. The Morgan fingerprint density at radius 2 is 2.14 bits per heavy atom. The van der Waals surface area contributed by atoms with Crippen LogP contribution in [0.2, 0.25) is 0 Å². The van der Waals surface area contributed by atoms with Gasteiger partial charge in [-0.25, -0.2) is 9.97 Å². The number of methoxy groups -OCH3 is 2. The van der Waals surface area contributed by atoms with Crippen LogP contribution in [0, 0.1) is 5.92 Å². The zero-order valence-corrected chi connectivity index (χ0v) is 21.6. The average Bonchev–Trinajstić information content (AvgIpc) is 3.46. The number of hydrogen-bond acceptors (Lipinski definition) is 9. The van der Waals surface area contributed by atoms with Crippen molar-refractivity contribution in [1.29, 1.82) is 0 Å². The molecule has 0 amide bonds. The van der Waals surface area contributed by atoms with E-state index < -0.39 is 6.23 Å². The van der Waals surface area contributed by atoms with Gasteiger partial charge in [0, 0.05) is 35.9 Å². The highest BCUT2D eigenvalue weighted by Crippen LogP contribution is 2.42. The van der Waals surface area contributed by atoms with E-state index in [0.29, 0.717) is 12.3 Å². The van der Waals surface area contributed by atoms with E-state index in [2.05, 4.69) is 25.5 Å². The van der Waals surface area contributed by atoms with Gasteiger partial charge < -0.3 is 19.9 Å². The molecular formula is C25H32N6O3S.